The van der Waals surface area contributed by atoms with Gasteiger partial charge in [0, 0.05) is 30.1 Å². The van der Waals surface area contributed by atoms with Gasteiger partial charge in [-0.1, -0.05) is 0 Å². The van der Waals surface area contributed by atoms with Gasteiger partial charge in [-0.2, -0.15) is 5.10 Å². The van der Waals surface area contributed by atoms with E-state index >= 15 is 0 Å². The average molecular weight is 351 g/mol. The normalized spacial score (nSPS) is 20.2. The lowest BCUT2D eigenvalue weighted by molar-refractivity contribution is 0.265. The maximum Gasteiger partial charge on any atom is 0.267 e. The van der Waals surface area contributed by atoms with Crippen LogP contribution in [0.15, 0.2) is 58.5 Å². The van der Waals surface area contributed by atoms with Crippen molar-refractivity contribution in [1.82, 2.24) is 25.1 Å². The van der Waals surface area contributed by atoms with E-state index in [2.05, 4.69) is 20.4 Å². The zero-order valence-electron chi connectivity index (χ0n) is 14.4. The van der Waals surface area contributed by atoms with E-state index in [0.717, 1.165) is 42.7 Å². The third-order valence-electron chi connectivity index (χ3n) is 4.89. The minimum absolute atomic E-state index is 0.0409. The fourth-order valence-corrected chi connectivity index (χ4v) is 3.46. The Morgan fingerprint density at radius 1 is 1.08 bits per heavy atom. The molecule has 0 atom stereocenters. The Hall–Kier alpha value is -2.80. The maximum atomic E-state index is 12.3. The molecule has 1 fully saturated rings. The van der Waals surface area contributed by atoms with Gasteiger partial charge in [-0.25, -0.2) is 9.67 Å². The van der Waals surface area contributed by atoms with Gasteiger partial charge in [0.15, 0.2) is 6.39 Å². The molecule has 1 N–H and O–H groups in total. The maximum absolute atomic E-state index is 12.3. The highest BCUT2D eigenvalue weighted by atomic mass is 16.3. The van der Waals surface area contributed by atoms with Crippen LogP contribution >= 0.6 is 0 Å². The van der Waals surface area contributed by atoms with Gasteiger partial charge in [0.1, 0.15) is 5.76 Å². The Bertz CT molecular complexity index is 884. The minimum Gasteiger partial charge on any atom is -0.447 e. The number of oxazole rings is 1. The van der Waals surface area contributed by atoms with Gasteiger partial charge in [-0.15, -0.1) is 0 Å². The molecule has 0 amide bonds. The van der Waals surface area contributed by atoms with Gasteiger partial charge >= 0.3 is 0 Å². The first-order chi connectivity index (χ1) is 12.8. The number of nitrogens with one attached hydrogen (secondary N) is 1. The molecule has 3 aromatic heterocycles. The summed E-state index contributed by atoms with van der Waals surface area (Å²) in [7, 11) is 0. The molecule has 26 heavy (non-hydrogen) atoms. The molecule has 4 rings (SSSR count). The van der Waals surface area contributed by atoms with Crippen LogP contribution in [-0.2, 0) is 6.54 Å². The zero-order chi connectivity index (χ0) is 17.8. The Morgan fingerprint density at radius 3 is 2.62 bits per heavy atom. The first kappa shape index (κ1) is 16.7. The molecule has 0 bridgehead atoms. The first-order valence-corrected chi connectivity index (χ1v) is 8.90. The topological polar surface area (TPSA) is 85.8 Å². The summed E-state index contributed by atoms with van der Waals surface area (Å²) >= 11 is 0. The van der Waals surface area contributed by atoms with E-state index in [1.807, 2.05) is 12.1 Å². The van der Waals surface area contributed by atoms with Crippen LogP contribution in [0.3, 0.4) is 0 Å². The summed E-state index contributed by atoms with van der Waals surface area (Å²) in [5.41, 5.74) is 1.73. The van der Waals surface area contributed by atoms with Crippen LogP contribution in [0.25, 0.3) is 11.3 Å². The van der Waals surface area contributed by atoms with Crippen LogP contribution in [0.1, 0.15) is 37.5 Å². The fourth-order valence-electron chi connectivity index (χ4n) is 3.46. The molecule has 0 saturated heterocycles. The van der Waals surface area contributed by atoms with Crippen molar-refractivity contribution in [2.24, 2.45) is 0 Å². The van der Waals surface area contributed by atoms with Crippen LogP contribution in [0, 0.1) is 0 Å². The van der Waals surface area contributed by atoms with E-state index < -0.39 is 0 Å². The number of hydrogen-bond acceptors (Lipinski definition) is 6. The second-order valence-corrected chi connectivity index (χ2v) is 6.59. The molecule has 3 heterocycles. The highest BCUT2D eigenvalue weighted by Gasteiger charge is 2.24. The Morgan fingerprint density at radius 2 is 1.88 bits per heavy atom. The van der Waals surface area contributed by atoms with Crippen LogP contribution in [-0.4, -0.2) is 25.8 Å². The van der Waals surface area contributed by atoms with Gasteiger partial charge in [0.05, 0.1) is 24.5 Å². The predicted molar refractivity (Wildman–Crippen MR) is 96.4 cm³/mol. The number of rotatable bonds is 5. The summed E-state index contributed by atoms with van der Waals surface area (Å²) in [6, 6.07) is 7.77. The molecule has 0 spiro atoms. The first-order valence-electron chi connectivity index (χ1n) is 8.90. The smallest absolute Gasteiger partial charge is 0.267 e. The molecule has 0 radical (unpaired) electrons. The largest absolute Gasteiger partial charge is 0.447 e. The Balaban J connectivity index is 1.41. The predicted octanol–water partition coefficient (Wildman–Crippen LogP) is 2.57. The van der Waals surface area contributed by atoms with Crippen molar-refractivity contribution in [1.29, 1.82) is 0 Å². The summed E-state index contributed by atoms with van der Waals surface area (Å²) in [6.07, 6.45) is 10.5. The molecular formula is C19H21N5O2. The van der Waals surface area contributed by atoms with Gasteiger partial charge in [0.25, 0.3) is 5.56 Å². The van der Waals surface area contributed by atoms with E-state index in [9.17, 15) is 4.79 Å². The number of nitrogens with zero attached hydrogens (tertiary/aromatic N) is 4. The molecule has 0 unspecified atom stereocenters. The highest BCUT2D eigenvalue weighted by Crippen LogP contribution is 2.27. The SMILES string of the molecule is O=c1ccc(-c2ccncc2)nn1C1CCC(NCc2cnco2)CC1. The molecule has 1 aliphatic carbocycles. The summed E-state index contributed by atoms with van der Waals surface area (Å²) < 4.78 is 6.91. The summed E-state index contributed by atoms with van der Waals surface area (Å²) in [6.45, 7) is 0.686. The van der Waals surface area contributed by atoms with Crippen molar-refractivity contribution in [3.8, 4) is 11.3 Å². The van der Waals surface area contributed by atoms with E-state index in [0.29, 0.717) is 12.6 Å². The van der Waals surface area contributed by atoms with Gasteiger partial charge in [-0.3, -0.25) is 9.78 Å². The Labute approximate surface area is 151 Å². The molecular weight excluding hydrogens is 330 g/mol. The van der Waals surface area contributed by atoms with Crippen LogP contribution in [0.2, 0.25) is 0 Å². The summed E-state index contributed by atoms with van der Waals surface area (Å²) in [5.74, 6) is 0.843. The minimum atomic E-state index is -0.0409. The van der Waals surface area contributed by atoms with Crippen LogP contribution < -0.4 is 10.9 Å². The van der Waals surface area contributed by atoms with Crippen molar-refractivity contribution < 1.29 is 4.42 Å². The molecule has 134 valence electrons. The quantitative estimate of drug-likeness (QED) is 0.760. The lowest BCUT2D eigenvalue weighted by Gasteiger charge is -2.29. The van der Waals surface area contributed by atoms with Crippen molar-refractivity contribution in [2.45, 2.75) is 44.3 Å². The second kappa shape index (κ2) is 7.61. The van der Waals surface area contributed by atoms with Gasteiger partial charge in [0.2, 0.25) is 0 Å². The zero-order valence-corrected chi connectivity index (χ0v) is 14.4. The third kappa shape index (κ3) is 3.72. The standard InChI is InChI=1S/C19H21N5O2/c25-19-6-5-18(14-7-9-20-10-8-14)23-24(19)16-3-1-15(2-4-16)22-12-17-11-21-13-26-17/h5-11,13,15-16,22H,1-4,12H2. The van der Waals surface area contributed by atoms with E-state index in [-0.39, 0.29) is 11.6 Å². The van der Waals surface area contributed by atoms with Gasteiger partial charge in [-0.05, 0) is 43.9 Å². The van der Waals surface area contributed by atoms with Gasteiger partial charge < -0.3 is 9.73 Å². The molecule has 0 aliphatic heterocycles. The van der Waals surface area contributed by atoms with Crippen LogP contribution in [0.5, 0.6) is 0 Å². The van der Waals surface area contributed by atoms with Crippen molar-refractivity contribution in [2.75, 3.05) is 0 Å². The molecule has 0 aromatic carbocycles. The lowest BCUT2D eigenvalue weighted by atomic mass is 9.91. The summed E-state index contributed by atoms with van der Waals surface area (Å²) in [5, 5.41) is 8.11. The van der Waals surface area contributed by atoms with Crippen molar-refractivity contribution >= 4 is 0 Å². The Kier molecular flexibility index (Phi) is 4.88. The fraction of sp³-hybridized carbons (Fsp3) is 0.368. The third-order valence-corrected chi connectivity index (χ3v) is 4.89. The number of pyridine rings is 1. The number of aromatic nitrogens is 4. The average Bonchev–Trinajstić information content (AvgIpc) is 3.22. The number of hydrogen-bond donors (Lipinski definition) is 1. The lowest BCUT2D eigenvalue weighted by Crippen LogP contribution is -2.36. The monoisotopic (exact) mass is 351 g/mol. The molecule has 3 aromatic rings. The van der Waals surface area contributed by atoms with E-state index in [1.165, 1.54) is 6.39 Å². The van der Waals surface area contributed by atoms with Crippen LogP contribution in [0.4, 0.5) is 0 Å². The molecule has 1 aliphatic rings. The summed E-state index contributed by atoms with van der Waals surface area (Å²) in [4.78, 5) is 20.3. The highest BCUT2D eigenvalue weighted by molar-refractivity contribution is 5.57. The molecule has 1 saturated carbocycles. The van der Waals surface area contributed by atoms with Crippen molar-refractivity contribution in [3.63, 3.8) is 0 Å². The van der Waals surface area contributed by atoms with E-state index in [4.69, 9.17) is 4.42 Å². The van der Waals surface area contributed by atoms with Crippen molar-refractivity contribution in [3.05, 3.63) is 65.4 Å². The molecule has 7 heteroatoms. The molecule has 7 nitrogen and oxygen atoms in total. The van der Waals surface area contributed by atoms with E-state index in [1.54, 1.807) is 35.4 Å². The second-order valence-electron chi connectivity index (χ2n) is 6.59.